The fourth-order valence-electron chi connectivity index (χ4n) is 3.83. The number of ether oxygens (including phenoxy) is 2. The van der Waals surface area contributed by atoms with Gasteiger partial charge in [0, 0.05) is 12.1 Å². The Labute approximate surface area is 180 Å². The molecule has 4 rings (SSSR count). The normalized spacial score (nSPS) is 18.5. The van der Waals surface area contributed by atoms with Crippen molar-refractivity contribution < 1.29 is 49.1 Å². The average molecular weight is 513 g/mol. The summed E-state index contributed by atoms with van der Waals surface area (Å²) < 4.78 is 23.8. The van der Waals surface area contributed by atoms with E-state index >= 15 is 0 Å². The van der Waals surface area contributed by atoms with Gasteiger partial charge in [-0.15, -0.1) is 0 Å². The molecule has 2 aromatic rings. The standard InChI is InChI=1S/C22H26IO6/c24-21(26-15-7-3-1-4-8-15)17-11-13-19(28-17)23-20-14-12-18(29-20)22(25)27-16-9-5-2-6-10-16/h11-16H,1-10H2/q+1. The van der Waals surface area contributed by atoms with Crippen LogP contribution in [0.4, 0.5) is 0 Å². The van der Waals surface area contributed by atoms with E-state index in [2.05, 4.69) is 0 Å². The Bertz CT molecular complexity index is 758. The molecule has 0 bridgehead atoms. The van der Waals surface area contributed by atoms with Gasteiger partial charge in [-0.1, -0.05) is 12.8 Å². The van der Waals surface area contributed by atoms with Gasteiger partial charge in [0.15, 0.2) is 0 Å². The zero-order valence-corrected chi connectivity index (χ0v) is 18.5. The summed E-state index contributed by atoms with van der Waals surface area (Å²) in [7, 11) is 0. The molecule has 29 heavy (non-hydrogen) atoms. The Kier molecular flexibility index (Phi) is 6.94. The first-order chi connectivity index (χ1) is 14.2. The molecular weight excluding hydrogens is 487 g/mol. The fourth-order valence-corrected chi connectivity index (χ4v) is 5.76. The van der Waals surface area contributed by atoms with E-state index in [1.165, 1.54) is 12.8 Å². The number of esters is 2. The van der Waals surface area contributed by atoms with Crippen molar-refractivity contribution in [2.75, 3.05) is 0 Å². The van der Waals surface area contributed by atoms with Gasteiger partial charge in [0.25, 0.3) is 0 Å². The fraction of sp³-hybridized carbons (Fsp3) is 0.545. The number of halogens is 1. The highest BCUT2D eigenvalue weighted by Gasteiger charge is 2.29. The van der Waals surface area contributed by atoms with E-state index < -0.39 is 33.1 Å². The molecule has 0 radical (unpaired) electrons. The van der Waals surface area contributed by atoms with Crippen LogP contribution < -0.4 is 21.2 Å². The molecule has 0 N–H and O–H groups in total. The van der Waals surface area contributed by atoms with Crippen molar-refractivity contribution in [1.82, 2.24) is 0 Å². The molecule has 0 unspecified atom stereocenters. The van der Waals surface area contributed by atoms with Crippen molar-refractivity contribution in [3.05, 3.63) is 43.3 Å². The molecule has 6 nitrogen and oxygen atoms in total. The molecule has 2 fully saturated rings. The van der Waals surface area contributed by atoms with Gasteiger partial charge >= 0.3 is 40.7 Å². The molecule has 0 spiro atoms. The minimum absolute atomic E-state index is 0.00214. The minimum Gasteiger partial charge on any atom is -0.457 e. The molecule has 2 heterocycles. The first-order valence-electron chi connectivity index (χ1n) is 10.4. The third kappa shape index (κ3) is 5.65. The lowest BCUT2D eigenvalue weighted by Gasteiger charge is -2.21. The van der Waals surface area contributed by atoms with Gasteiger partial charge < -0.3 is 18.3 Å². The van der Waals surface area contributed by atoms with Crippen LogP contribution in [0.25, 0.3) is 0 Å². The van der Waals surface area contributed by atoms with Crippen LogP contribution >= 0.6 is 0 Å². The predicted octanol–water partition coefficient (Wildman–Crippen LogP) is 1.98. The Morgan fingerprint density at radius 3 is 1.52 bits per heavy atom. The molecule has 0 aromatic carbocycles. The smallest absolute Gasteiger partial charge is 0.443 e. The zero-order chi connectivity index (χ0) is 20.1. The maximum atomic E-state index is 12.3. The van der Waals surface area contributed by atoms with E-state index in [-0.39, 0.29) is 23.7 Å². The summed E-state index contributed by atoms with van der Waals surface area (Å²) in [6, 6.07) is 6.88. The van der Waals surface area contributed by atoms with Gasteiger partial charge in [-0.05, 0) is 63.5 Å². The van der Waals surface area contributed by atoms with E-state index in [1.807, 2.05) is 0 Å². The summed E-state index contributed by atoms with van der Waals surface area (Å²) >= 11 is -0.771. The average Bonchev–Trinajstić information content (AvgIpc) is 3.40. The van der Waals surface area contributed by atoms with Gasteiger partial charge in [0.2, 0.25) is 11.5 Å². The number of hydrogen-bond donors (Lipinski definition) is 0. The topological polar surface area (TPSA) is 78.9 Å². The van der Waals surface area contributed by atoms with Gasteiger partial charge in [0.1, 0.15) is 12.2 Å². The molecule has 0 saturated heterocycles. The van der Waals surface area contributed by atoms with Crippen LogP contribution in [-0.2, 0) is 9.47 Å². The van der Waals surface area contributed by atoms with Crippen molar-refractivity contribution in [1.29, 1.82) is 0 Å². The summed E-state index contributed by atoms with van der Waals surface area (Å²) in [5.74, 6) is -0.339. The molecule has 2 aliphatic carbocycles. The molecule has 2 saturated carbocycles. The summed E-state index contributed by atoms with van der Waals surface area (Å²) in [4.78, 5) is 24.5. The van der Waals surface area contributed by atoms with E-state index in [1.54, 1.807) is 24.3 Å². The largest absolute Gasteiger partial charge is 0.457 e. The van der Waals surface area contributed by atoms with Gasteiger partial charge in [-0.25, -0.2) is 9.59 Å². The Morgan fingerprint density at radius 1 is 0.690 bits per heavy atom. The Balaban J connectivity index is 1.30. The van der Waals surface area contributed by atoms with Gasteiger partial charge in [-0.3, -0.25) is 0 Å². The van der Waals surface area contributed by atoms with Crippen molar-refractivity contribution in [2.24, 2.45) is 0 Å². The monoisotopic (exact) mass is 513 g/mol. The van der Waals surface area contributed by atoms with Crippen LogP contribution in [0.5, 0.6) is 0 Å². The lowest BCUT2D eigenvalue weighted by atomic mass is 9.98. The quantitative estimate of drug-likeness (QED) is 0.435. The Hall–Kier alpha value is -1.77. The number of carbonyl (C=O) groups excluding carboxylic acids is 2. The van der Waals surface area contributed by atoms with Crippen LogP contribution in [0.15, 0.2) is 33.1 Å². The predicted molar refractivity (Wildman–Crippen MR) is 99.4 cm³/mol. The minimum atomic E-state index is -0.771. The molecular formula is C22H26IO6+. The van der Waals surface area contributed by atoms with Crippen LogP contribution in [-0.4, -0.2) is 24.1 Å². The second kappa shape index (κ2) is 9.82. The Morgan fingerprint density at radius 2 is 1.10 bits per heavy atom. The van der Waals surface area contributed by atoms with Crippen molar-refractivity contribution in [2.45, 2.75) is 76.4 Å². The van der Waals surface area contributed by atoms with E-state index in [4.69, 9.17) is 18.3 Å². The maximum Gasteiger partial charge on any atom is 0.443 e. The van der Waals surface area contributed by atoms with Crippen molar-refractivity contribution in [3.8, 4) is 0 Å². The number of furan rings is 2. The molecule has 0 aliphatic heterocycles. The van der Waals surface area contributed by atoms with E-state index in [0.29, 0.717) is 7.53 Å². The number of carbonyl (C=O) groups is 2. The van der Waals surface area contributed by atoms with Crippen LogP contribution in [0.2, 0.25) is 0 Å². The molecule has 7 heteroatoms. The van der Waals surface area contributed by atoms with E-state index in [9.17, 15) is 9.59 Å². The van der Waals surface area contributed by atoms with Crippen molar-refractivity contribution in [3.63, 3.8) is 0 Å². The van der Waals surface area contributed by atoms with Gasteiger partial charge in [-0.2, -0.15) is 0 Å². The lowest BCUT2D eigenvalue weighted by molar-refractivity contribution is -0.636. The summed E-state index contributed by atoms with van der Waals surface area (Å²) in [5, 5.41) is 0. The van der Waals surface area contributed by atoms with Gasteiger partial charge in [0.05, 0.1) is 0 Å². The zero-order valence-electron chi connectivity index (χ0n) is 16.4. The third-order valence-corrected chi connectivity index (χ3v) is 7.61. The first-order valence-corrected chi connectivity index (χ1v) is 12.6. The highest BCUT2D eigenvalue weighted by Crippen LogP contribution is 2.22. The maximum absolute atomic E-state index is 12.3. The van der Waals surface area contributed by atoms with Crippen molar-refractivity contribution >= 4 is 11.9 Å². The first kappa shape index (κ1) is 20.5. The third-order valence-electron chi connectivity index (χ3n) is 5.39. The van der Waals surface area contributed by atoms with Crippen LogP contribution in [0, 0.1) is 7.53 Å². The number of hydrogen-bond acceptors (Lipinski definition) is 6. The second-order valence-electron chi connectivity index (χ2n) is 7.63. The van der Waals surface area contributed by atoms with E-state index in [0.717, 1.165) is 51.4 Å². The highest BCUT2D eigenvalue weighted by atomic mass is 127. The van der Waals surface area contributed by atoms with Crippen LogP contribution in [0.3, 0.4) is 0 Å². The molecule has 0 amide bonds. The highest BCUT2D eigenvalue weighted by molar-refractivity contribution is 5.86. The molecule has 2 aromatic heterocycles. The molecule has 0 atom stereocenters. The molecule has 156 valence electrons. The summed E-state index contributed by atoms with van der Waals surface area (Å²) in [6.07, 6.45) is 10.6. The second-order valence-corrected chi connectivity index (χ2v) is 10.3. The van der Waals surface area contributed by atoms with Crippen LogP contribution in [0.1, 0.15) is 85.3 Å². The summed E-state index contributed by atoms with van der Waals surface area (Å²) in [5.41, 5.74) is 0. The number of rotatable bonds is 6. The SMILES string of the molecule is O=C(OC1CCCCC1)c1ccc([I+]c2ccc(C(=O)OC3CCCCC3)o2)o1. The lowest BCUT2D eigenvalue weighted by Crippen LogP contribution is -3.61. The summed E-state index contributed by atoms with van der Waals surface area (Å²) in [6.45, 7) is 0. The molecule has 2 aliphatic rings.